The number of hydrogen-bond acceptors (Lipinski definition) is 6. The van der Waals surface area contributed by atoms with Crippen molar-refractivity contribution in [1.29, 1.82) is 0 Å². The number of hydrogen-bond donors (Lipinski definition) is 3. The topological polar surface area (TPSA) is 88.7 Å². The molecule has 1 saturated heterocycles. The second-order valence-electron chi connectivity index (χ2n) is 7.46. The van der Waals surface area contributed by atoms with Gasteiger partial charge in [0, 0.05) is 30.0 Å². The van der Waals surface area contributed by atoms with Crippen LogP contribution in [0.25, 0.3) is 0 Å². The number of fused-ring (bicyclic) bond motifs is 1. The van der Waals surface area contributed by atoms with Gasteiger partial charge in [-0.25, -0.2) is 4.39 Å². The fraction of sp³-hybridized carbons (Fsp3) is 0.364. The van der Waals surface area contributed by atoms with Crippen molar-refractivity contribution in [2.24, 2.45) is 5.92 Å². The largest absolute Gasteiger partial charge is 0.486 e. The van der Waals surface area contributed by atoms with E-state index in [1.54, 1.807) is 36.4 Å². The number of halogens is 1. The third-order valence-corrected chi connectivity index (χ3v) is 6.29. The highest BCUT2D eigenvalue weighted by Gasteiger charge is 2.35. The normalized spacial score (nSPS) is 22.5. The Morgan fingerprint density at radius 2 is 1.97 bits per heavy atom. The van der Waals surface area contributed by atoms with E-state index in [4.69, 9.17) is 9.47 Å². The van der Waals surface area contributed by atoms with E-state index in [0.29, 0.717) is 41.7 Å². The molecular weight excluding hydrogens is 421 g/mol. The van der Waals surface area contributed by atoms with E-state index in [1.165, 1.54) is 17.8 Å². The predicted octanol–water partition coefficient (Wildman–Crippen LogP) is 2.87. The molecule has 3 atom stereocenters. The quantitative estimate of drug-likeness (QED) is 0.634. The number of amides is 2. The van der Waals surface area contributed by atoms with Gasteiger partial charge in [-0.1, -0.05) is 18.2 Å². The number of carbonyl (C=O) groups is 2. The lowest BCUT2D eigenvalue weighted by atomic mass is 9.94. The molecule has 0 bridgehead atoms. The van der Waals surface area contributed by atoms with Crippen molar-refractivity contribution in [3.63, 3.8) is 0 Å². The number of benzene rings is 2. The number of carbonyl (C=O) groups excluding carboxylic acids is 2. The Bertz CT molecular complexity index is 974. The highest BCUT2D eigenvalue weighted by Crippen LogP contribution is 2.32. The maximum atomic E-state index is 13.8. The molecule has 31 heavy (non-hydrogen) atoms. The molecule has 164 valence electrons. The van der Waals surface area contributed by atoms with E-state index in [2.05, 4.69) is 16.0 Å². The van der Waals surface area contributed by atoms with Crippen LogP contribution in [0.1, 0.15) is 18.9 Å². The van der Waals surface area contributed by atoms with Gasteiger partial charge < -0.3 is 20.1 Å². The van der Waals surface area contributed by atoms with Crippen LogP contribution in [0.4, 0.5) is 10.1 Å². The zero-order valence-corrected chi connectivity index (χ0v) is 17.8. The predicted molar refractivity (Wildman–Crippen MR) is 116 cm³/mol. The molecule has 1 fully saturated rings. The zero-order chi connectivity index (χ0) is 21.8. The van der Waals surface area contributed by atoms with Crippen molar-refractivity contribution in [2.75, 3.05) is 18.5 Å². The third kappa shape index (κ3) is 5.29. The first-order valence-electron chi connectivity index (χ1n) is 10.1. The summed E-state index contributed by atoms with van der Waals surface area (Å²) in [6.07, 6.45) is 0.0408. The van der Waals surface area contributed by atoms with Crippen molar-refractivity contribution < 1.29 is 23.5 Å². The second kappa shape index (κ2) is 9.57. The van der Waals surface area contributed by atoms with Crippen LogP contribution in [-0.4, -0.2) is 36.6 Å². The fourth-order valence-corrected chi connectivity index (χ4v) is 4.63. The Labute approximate surface area is 184 Å². The van der Waals surface area contributed by atoms with Gasteiger partial charge in [0.25, 0.3) is 0 Å². The average molecular weight is 446 g/mol. The summed E-state index contributed by atoms with van der Waals surface area (Å²) in [4.78, 5) is 25.1. The highest BCUT2D eigenvalue weighted by molar-refractivity contribution is 7.99. The van der Waals surface area contributed by atoms with Crippen LogP contribution in [0.3, 0.4) is 0 Å². The highest BCUT2D eigenvalue weighted by atomic mass is 32.2. The molecule has 3 N–H and O–H groups in total. The lowest BCUT2D eigenvalue weighted by Crippen LogP contribution is -2.59. The first kappa shape index (κ1) is 21.5. The maximum Gasteiger partial charge on any atom is 0.227 e. The Hall–Kier alpha value is -2.78. The van der Waals surface area contributed by atoms with Crippen LogP contribution in [0, 0.1) is 11.7 Å². The molecule has 2 aliphatic rings. The van der Waals surface area contributed by atoms with E-state index in [9.17, 15) is 14.0 Å². The van der Waals surface area contributed by atoms with Crippen LogP contribution < -0.4 is 25.4 Å². The van der Waals surface area contributed by atoms with Gasteiger partial charge in [0.2, 0.25) is 11.8 Å². The van der Waals surface area contributed by atoms with Crippen molar-refractivity contribution in [3.05, 3.63) is 53.8 Å². The van der Waals surface area contributed by atoms with Crippen molar-refractivity contribution in [3.8, 4) is 11.5 Å². The molecule has 2 aromatic carbocycles. The summed E-state index contributed by atoms with van der Waals surface area (Å²) in [5.41, 5.74) is 0.820. The van der Waals surface area contributed by atoms with Gasteiger partial charge in [0.05, 0.1) is 5.92 Å². The van der Waals surface area contributed by atoms with Gasteiger partial charge in [-0.3, -0.25) is 14.9 Å². The number of thioether (sulfide) groups is 1. The Kier molecular flexibility index (Phi) is 6.62. The number of ether oxygens (including phenoxy) is 2. The molecule has 0 aromatic heterocycles. The standard InChI is InChI=1S/C22H24FN3O4S/c1-13-16(11-20(27)25-15-6-7-18-19(10-15)30-9-8-29-18)21(28)26-22(24-13)31-12-14-4-2-3-5-17(14)23/h2-7,10,13,16,22,24H,8-9,11-12H2,1H3,(H,25,27)(H,26,28). The minimum absolute atomic E-state index is 0.0408. The number of anilines is 1. The molecule has 4 rings (SSSR count). The summed E-state index contributed by atoms with van der Waals surface area (Å²) in [6, 6.07) is 11.6. The van der Waals surface area contributed by atoms with E-state index in [1.807, 2.05) is 6.92 Å². The maximum absolute atomic E-state index is 13.8. The Morgan fingerprint density at radius 1 is 1.19 bits per heavy atom. The monoisotopic (exact) mass is 445 g/mol. The van der Waals surface area contributed by atoms with E-state index in [0.717, 1.165) is 0 Å². The van der Waals surface area contributed by atoms with Crippen LogP contribution in [0.2, 0.25) is 0 Å². The minimum Gasteiger partial charge on any atom is -0.486 e. The Morgan fingerprint density at radius 3 is 2.74 bits per heavy atom. The molecule has 2 heterocycles. The Balaban J connectivity index is 1.30. The minimum atomic E-state index is -0.512. The third-order valence-electron chi connectivity index (χ3n) is 5.22. The number of rotatable bonds is 6. The van der Waals surface area contributed by atoms with Crippen molar-refractivity contribution in [2.45, 2.75) is 30.6 Å². The van der Waals surface area contributed by atoms with Gasteiger partial charge in [0.1, 0.15) is 24.5 Å². The van der Waals surface area contributed by atoms with Crippen molar-refractivity contribution >= 4 is 29.3 Å². The van der Waals surface area contributed by atoms with Crippen LogP contribution in [0.5, 0.6) is 11.5 Å². The van der Waals surface area contributed by atoms with Gasteiger partial charge in [-0.15, -0.1) is 11.8 Å². The van der Waals surface area contributed by atoms with Crippen LogP contribution in [-0.2, 0) is 15.3 Å². The molecular formula is C22H24FN3O4S. The van der Waals surface area contributed by atoms with Crippen LogP contribution in [0.15, 0.2) is 42.5 Å². The van der Waals surface area contributed by atoms with Crippen LogP contribution >= 0.6 is 11.8 Å². The van der Waals surface area contributed by atoms with E-state index in [-0.39, 0.29) is 35.6 Å². The molecule has 0 saturated carbocycles. The molecule has 0 aliphatic carbocycles. The zero-order valence-electron chi connectivity index (χ0n) is 17.0. The molecule has 0 spiro atoms. The summed E-state index contributed by atoms with van der Waals surface area (Å²) in [7, 11) is 0. The van der Waals surface area contributed by atoms with Crippen molar-refractivity contribution in [1.82, 2.24) is 10.6 Å². The van der Waals surface area contributed by atoms with Gasteiger partial charge >= 0.3 is 0 Å². The summed E-state index contributed by atoms with van der Waals surface area (Å²) >= 11 is 1.40. The fourth-order valence-electron chi connectivity index (χ4n) is 3.54. The summed E-state index contributed by atoms with van der Waals surface area (Å²) < 4.78 is 24.8. The number of nitrogens with one attached hydrogen (secondary N) is 3. The first-order chi connectivity index (χ1) is 15.0. The van der Waals surface area contributed by atoms with Gasteiger partial charge in [-0.2, -0.15) is 0 Å². The molecule has 2 aliphatic heterocycles. The molecule has 0 radical (unpaired) electrons. The summed E-state index contributed by atoms with van der Waals surface area (Å²) in [5.74, 6) is 0.419. The average Bonchev–Trinajstić information content (AvgIpc) is 2.75. The van der Waals surface area contributed by atoms with Gasteiger partial charge in [-0.05, 0) is 30.7 Å². The summed E-state index contributed by atoms with van der Waals surface area (Å²) in [5, 5.41) is 8.97. The smallest absolute Gasteiger partial charge is 0.227 e. The molecule has 3 unspecified atom stereocenters. The SMILES string of the molecule is CC1NC(SCc2ccccc2F)NC(=O)C1CC(=O)Nc1ccc2c(c1)OCCO2. The van der Waals surface area contributed by atoms with E-state index < -0.39 is 5.92 Å². The molecule has 7 nitrogen and oxygen atoms in total. The van der Waals surface area contributed by atoms with E-state index >= 15 is 0 Å². The second-order valence-corrected chi connectivity index (χ2v) is 8.56. The molecule has 2 amide bonds. The molecule has 9 heteroatoms. The lowest BCUT2D eigenvalue weighted by molar-refractivity contribution is -0.131. The summed E-state index contributed by atoms with van der Waals surface area (Å²) in [6.45, 7) is 2.84. The molecule has 2 aromatic rings. The first-order valence-corrected chi connectivity index (χ1v) is 11.2. The van der Waals surface area contributed by atoms with Gasteiger partial charge in [0.15, 0.2) is 11.5 Å². The lowest BCUT2D eigenvalue weighted by Gasteiger charge is -2.35.